The number of nitrogens with zero attached hydrogens (tertiary/aromatic N) is 2. The van der Waals surface area contributed by atoms with Gasteiger partial charge < -0.3 is 0 Å². The molecule has 0 heterocycles. The number of hydrogen-bond donors (Lipinski definition) is 0. The summed E-state index contributed by atoms with van der Waals surface area (Å²) in [7, 11) is 0. The third-order valence-corrected chi connectivity index (χ3v) is 2.21. The number of benzene rings is 1. The zero-order valence-electron chi connectivity index (χ0n) is 8.86. The predicted molar refractivity (Wildman–Crippen MR) is 58.8 cm³/mol. The molecule has 0 aliphatic carbocycles. The lowest BCUT2D eigenvalue weighted by Crippen LogP contribution is -2.00. The first-order chi connectivity index (χ1) is 7.20. The Kier molecular flexibility index (Phi) is 3.66. The molecule has 0 aromatic heterocycles. The maximum absolute atomic E-state index is 9.09. The predicted octanol–water partition coefficient (Wildman–Crippen LogP) is 3.15. The van der Waals surface area contributed by atoms with Crippen molar-refractivity contribution < 1.29 is 0 Å². The Labute approximate surface area is 90.1 Å². The molecule has 1 atom stereocenters. The van der Waals surface area contributed by atoms with Gasteiger partial charge in [-0.3, -0.25) is 0 Å². The van der Waals surface area contributed by atoms with Gasteiger partial charge in [-0.1, -0.05) is 35.9 Å². The van der Waals surface area contributed by atoms with Gasteiger partial charge in [0.25, 0.3) is 0 Å². The summed E-state index contributed by atoms with van der Waals surface area (Å²) in [5, 5.41) is 18.1. The first-order valence-electron chi connectivity index (χ1n) is 4.72. The van der Waals surface area contributed by atoms with Crippen molar-refractivity contribution in [2.75, 3.05) is 0 Å². The van der Waals surface area contributed by atoms with Crippen LogP contribution in [0.1, 0.15) is 25.3 Å². The Balaban J connectivity index is 3.19. The lowest BCUT2D eigenvalue weighted by molar-refractivity contribution is 1.01. The fourth-order valence-corrected chi connectivity index (χ4v) is 1.42. The van der Waals surface area contributed by atoms with Crippen molar-refractivity contribution in [2.24, 2.45) is 0 Å². The van der Waals surface area contributed by atoms with Gasteiger partial charge in [-0.05, 0) is 19.4 Å². The minimum Gasteiger partial charge on any atom is -0.197 e. The Morgan fingerprint density at radius 3 is 2.13 bits per heavy atom. The van der Waals surface area contributed by atoms with Crippen LogP contribution in [-0.4, -0.2) is 0 Å². The topological polar surface area (TPSA) is 47.6 Å². The fraction of sp³-hybridized carbons (Fsp3) is 0.231. The van der Waals surface area contributed by atoms with E-state index in [1.54, 1.807) is 0 Å². The van der Waals surface area contributed by atoms with Crippen LogP contribution in [0.4, 0.5) is 0 Å². The molecule has 0 aliphatic heterocycles. The van der Waals surface area contributed by atoms with E-state index in [4.69, 9.17) is 10.5 Å². The normalized spacial score (nSPS) is 10.9. The van der Waals surface area contributed by atoms with E-state index in [1.165, 1.54) is 0 Å². The summed E-state index contributed by atoms with van der Waals surface area (Å²) in [6.07, 6.45) is 0. The van der Waals surface area contributed by atoms with Gasteiger partial charge >= 0.3 is 0 Å². The molecule has 1 aromatic rings. The second kappa shape index (κ2) is 4.98. The molecule has 1 rings (SSSR count). The van der Waals surface area contributed by atoms with E-state index >= 15 is 0 Å². The highest BCUT2D eigenvalue weighted by Gasteiger charge is 2.16. The Morgan fingerprint density at radius 2 is 1.73 bits per heavy atom. The molecule has 0 radical (unpaired) electrons. The number of allylic oxidation sites excluding steroid dienone is 2. The van der Waals surface area contributed by atoms with Gasteiger partial charge in [-0.2, -0.15) is 10.5 Å². The molecule has 0 saturated heterocycles. The van der Waals surface area contributed by atoms with Crippen molar-refractivity contribution in [3.63, 3.8) is 0 Å². The van der Waals surface area contributed by atoms with Crippen molar-refractivity contribution in [2.45, 2.75) is 19.8 Å². The summed E-state index contributed by atoms with van der Waals surface area (Å²) in [6, 6.07) is 13.7. The second-order valence-corrected chi connectivity index (χ2v) is 3.50. The van der Waals surface area contributed by atoms with Gasteiger partial charge in [0.05, 0.1) is 12.1 Å². The zero-order valence-corrected chi connectivity index (χ0v) is 8.86. The van der Waals surface area contributed by atoms with Gasteiger partial charge in [0, 0.05) is 5.57 Å². The summed E-state index contributed by atoms with van der Waals surface area (Å²) < 4.78 is 0. The van der Waals surface area contributed by atoms with Crippen LogP contribution in [-0.2, 0) is 0 Å². The average molecular weight is 196 g/mol. The minimum absolute atomic E-state index is 0.443. The largest absolute Gasteiger partial charge is 0.197 e. The minimum atomic E-state index is -0.443. The first kappa shape index (κ1) is 11.0. The Morgan fingerprint density at radius 1 is 1.13 bits per heavy atom. The van der Waals surface area contributed by atoms with Crippen LogP contribution in [0.25, 0.3) is 0 Å². The van der Waals surface area contributed by atoms with Crippen LogP contribution in [0.3, 0.4) is 0 Å². The van der Waals surface area contributed by atoms with Crippen molar-refractivity contribution in [1.82, 2.24) is 0 Å². The van der Waals surface area contributed by atoms with Gasteiger partial charge in [-0.25, -0.2) is 0 Å². The summed E-state index contributed by atoms with van der Waals surface area (Å²) in [5.74, 6) is -0.443. The summed E-state index contributed by atoms with van der Waals surface area (Å²) in [5.41, 5.74) is 2.31. The maximum Gasteiger partial charge on any atom is 0.106 e. The highest BCUT2D eigenvalue weighted by Crippen LogP contribution is 2.25. The molecule has 0 aliphatic rings. The first-order valence-corrected chi connectivity index (χ1v) is 4.72. The van der Waals surface area contributed by atoms with E-state index in [9.17, 15) is 0 Å². The van der Waals surface area contributed by atoms with Gasteiger partial charge in [0.1, 0.15) is 5.92 Å². The maximum atomic E-state index is 9.09. The summed E-state index contributed by atoms with van der Waals surface area (Å²) >= 11 is 0. The Bertz CT molecular complexity index is 440. The number of rotatable bonds is 2. The van der Waals surface area contributed by atoms with Crippen molar-refractivity contribution in [3.8, 4) is 12.1 Å². The number of nitriles is 2. The van der Waals surface area contributed by atoms with Crippen molar-refractivity contribution in [1.29, 1.82) is 10.5 Å². The monoisotopic (exact) mass is 196 g/mol. The molecule has 0 spiro atoms. The third-order valence-electron chi connectivity index (χ3n) is 2.21. The molecule has 0 bridgehead atoms. The molecule has 15 heavy (non-hydrogen) atoms. The average Bonchev–Trinajstić information content (AvgIpc) is 2.26. The molecule has 2 nitrogen and oxygen atoms in total. The van der Waals surface area contributed by atoms with Crippen LogP contribution >= 0.6 is 0 Å². The summed E-state index contributed by atoms with van der Waals surface area (Å²) in [6.45, 7) is 3.71. The van der Waals surface area contributed by atoms with E-state index < -0.39 is 5.92 Å². The van der Waals surface area contributed by atoms with Crippen molar-refractivity contribution in [3.05, 3.63) is 47.0 Å². The van der Waals surface area contributed by atoms with E-state index in [1.807, 2.05) is 44.2 Å². The second-order valence-electron chi connectivity index (χ2n) is 3.50. The Hall–Kier alpha value is -2.06. The van der Waals surface area contributed by atoms with Crippen LogP contribution < -0.4 is 0 Å². The van der Waals surface area contributed by atoms with E-state index in [2.05, 4.69) is 12.1 Å². The highest BCUT2D eigenvalue weighted by atomic mass is 14.3. The van der Waals surface area contributed by atoms with Gasteiger partial charge in [0.2, 0.25) is 0 Å². The lowest BCUT2D eigenvalue weighted by atomic mass is 9.90. The molecule has 74 valence electrons. The molecule has 1 aromatic carbocycles. The van der Waals surface area contributed by atoms with E-state index in [-0.39, 0.29) is 0 Å². The standard InChI is InChI=1S/C13H12N2/c1-10(2)12(8-14)13(9-15)11-6-4-3-5-7-11/h3-7,13H,1-2H3. The molecule has 0 saturated carbocycles. The van der Waals surface area contributed by atoms with E-state index in [0.717, 1.165) is 11.1 Å². The van der Waals surface area contributed by atoms with Crippen LogP contribution in [0.15, 0.2) is 41.5 Å². The number of hydrogen-bond acceptors (Lipinski definition) is 2. The molecule has 0 amide bonds. The summed E-state index contributed by atoms with van der Waals surface area (Å²) in [4.78, 5) is 0. The molecule has 1 unspecified atom stereocenters. The van der Waals surface area contributed by atoms with E-state index in [0.29, 0.717) is 5.57 Å². The van der Waals surface area contributed by atoms with Crippen molar-refractivity contribution >= 4 is 0 Å². The SMILES string of the molecule is CC(C)=C(C#N)C(C#N)c1ccccc1. The molecular weight excluding hydrogens is 184 g/mol. The van der Waals surface area contributed by atoms with Crippen LogP contribution in [0.5, 0.6) is 0 Å². The third kappa shape index (κ3) is 2.45. The lowest BCUT2D eigenvalue weighted by Gasteiger charge is -2.09. The fourth-order valence-electron chi connectivity index (χ4n) is 1.42. The molecule has 0 N–H and O–H groups in total. The zero-order chi connectivity index (χ0) is 11.3. The van der Waals surface area contributed by atoms with Gasteiger partial charge in [0.15, 0.2) is 0 Å². The molecular formula is C13H12N2. The molecule has 2 heteroatoms. The van der Waals surface area contributed by atoms with Gasteiger partial charge in [-0.15, -0.1) is 0 Å². The smallest absolute Gasteiger partial charge is 0.106 e. The highest BCUT2D eigenvalue weighted by molar-refractivity contribution is 5.43. The quantitative estimate of drug-likeness (QED) is 0.682. The molecule has 0 fully saturated rings. The van der Waals surface area contributed by atoms with Crippen LogP contribution in [0.2, 0.25) is 0 Å². The van der Waals surface area contributed by atoms with Crippen LogP contribution in [0, 0.1) is 22.7 Å².